The van der Waals surface area contributed by atoms with Crippen LogP contribution in [0.25, 0.3) is 0 Å². The molecule has 130 valence electrons. The van der Waals surface area contributed by atoms with Crippen LogP contribution in [0.5, 0.6) is 11.5 Å². The predicted octanol–water partition coefficient (Wildman–Crippen LogP) is 2.95. The molecule has 0 saturated heterocycles. The largest absolute Gasteiger partial charge is 0.493 e. The van der Waals surface area contributed by atoms with Crippen molar-refractivity contribution in [1.82, 2.24) is 5.32 Å². The van der Waals surface area contributed by atoms with Crippen LogP contribution in [-0.2, 0) is 0 Å². The second-order valence-electron chi connectivity index (χ2n) is 5.03. The molecule has 0 radical (unpaired) electrons. The number of hydrogen-bond acceptors (Lipinski definition) is 4. The molecule has 0 aliphatic carbocycles. The predicted molar refractivity (Wildman–Crippen MR) is 97.1 cm³/mol. The molecule has 0 bridgehead atoms. The third-order valence-electron chi connectivity index (χ3n) is 3.44. The van der Waals surface area contributed by atoms with Crippen molar-refractivity contribution in [1.29, 1.82) is 0 Å². The van der Waals surface area contributed by atoms with Crippen molar-refractivity contribution in [3.8, 4) is 11.5 Å². The molecule has 0 aliphatic rings. The van der Waals surface area contributed by atoms with Gasteiger partial charge in [-0.15, -0.1) is 12.4 Å². The average Bonchev–Trinajstić information content (AvgIpc) is 2.60. The van der Waals surface area contributed by atoms with Crippen LogP contribution in [-0.4, -0.2) is 26.2 Å². The highest BCUT2D eigenvalue weighted by Crippen LogP contribution is 2.28. The fraction of sp³-hybridized carbons (Fsp3) is 0.278. The van der Waals surface area contributed by atoms with Gasteiger partial charge in [0, 0.05) is 18.2 Å². The van der Waals surface area contributed by atoms with Gasteiger partial charge in [0.25, 0.3) is 5.91 Å². The van der Waals surface area contributed by atoms with Crippen LogP contribution in [0.1, 0.15) is 28.9 Å². The first-order valence-corrected chi connectivity index (χ1v) is 7.55. The summed E-state index contributed by atoms with van der Waals surface area (Å²) in [5.74, 6) is 0.956. The number of carbonyl (C=O) groups excluding carboxylic acids is 1. The Morgan fingerprint density at radius 1 is 1.17 bits per heavy atom. The SMILES string of the molecule is CCOc1ccc(C(=O)NCC(N)c2ccccc2)cc1OC.Cl. The van der Waals surface area contributed by atoms with Crippen molar-refractivity contribution in [2.24, 2.45) is 5.73 Å². The quantitative estimate of drug-likeness (QED) is 0.805. The molecule has 0 spiro atoms. The molecule has 1 unspecified atom stereocenters. The van der Waals surface area contributed by atoms with Gasteiger partial charge < -0.3 is 20.5 Å². The topological polar surface area (TPSA) is 73.6 Å². The summed E-state index contributed by atoms with van der Waals surface area (Å²) >= 11 is 0. The highest BCUT2D eigenvalue weighted by Gasteiger charge is 2.12. The monoisotopic (exact) mass is 350 g/mol. The van der Waals surface area contributed by atoms with Crippen molar-refractivity contribution >= 4 is 18.3 Å². The smallest absolute Gasteiger partial charge is 0.251 e. The van der Waals surface area contributed by atoms with E-state index in [4.69, 9.17) is 15.2 Å². The number of methoxy groups -OCH3 is 1. The first-order valence-electron chi connectivity index (χ1n) is 7.55. The van der Waals surface area contributed by atoms with E-state index >= 15 is 0 Å². The van der Waals surface area contributed by atoms with Crippen LogP contribution >= 0.6 is 12.4 Å². The summed E-state index contributed by atoms with van der Waals surface area (Å²) < 4.78 is 10.7. The Balaban J connectivity index is 0.00000288. The number of hydrogen-bond donors (Lipinski definition) is 2. The van der Waals surface area contributed by atoms with Gasteiger partial charge in [0.1, 0.15) is 0 Å². The van der Waals surface area contributed by atoms with Gasteiger partial charge in [0.2, 0.25) is 0 Å². The van der Waals surface area contributed by atoms with Crippen LogP contribution in [0.3, 0.4) is 0 Å². The van der Waals surface area contributed by atoms with Gasteiger partial charge in [0.05, 0.1) is 13.7 Å². The van der Waals surface area contributed by atoms with Gasteiger partial charge in [-0.1, -0.05) is 30.3 Å². The maximum absolute atomic E-state index is 12.3. The Hall–Kier alpha value is -2.24. The van der Waals surface area contributed by atoms with Gasteiger partial charge in [-0.25, -0.2) is 0 Å². The zero-order valence-corrected chi connectivity index (χ0v) is 14.6. The Labute approximate surface area is 148 Å². The molecule has 2 aromatic rings. The van der Waals surface area contributed by atoms with E-state index in [9.17, 15) is 4.79 Å². The minimum absolute atomic E-state index is 0. The van der Waals surface area contributed by atoms with E-state index in [1.165, 1.54) is 0 Å². The minimum atomic E-state index is -0.246. The molecule has 0 fully saturated rings. The standard InChI is InChI=1S/C18H22N2O3.ClH/c1-3-23-16-10-9-14(11-17(16)22-2)18(21)20-12-15(19)13-7-5-4-6-8-13;/h4-11,15H,3,12,19H2,1-2H3,(H,20,21);1H. The zero-order chi connectivity index (χ0) is 16.7. The number of benzene rings is 2. The molecule has 2 rings (SSSR count). The molecule has 1 amide bonds. The van der Waals surface area contributed by atoms with Crippen LogP contribution in [0.4, 0.5) is 0 Å². The van der Waals surface area contributed by atoms with Gasteiger partial charge in [-0.3, -0.25) is 4.79 Å². The first kappa shape index (κ1) is 19.8. The Morgan fingerprint density at radius 3 is 2.50 bits per heavy atom. The molecule has 5 nitrogen and oxygen atoms in total. The molecular formula is C18H23ClN2O3. The van der Waals surface area contributed by atoms with Gasteiger partial charge in [-0.2, -0.15) is 0 Å². The highest BCUT2D eigenvalue weighted by atomic mass is 35.5. The third kappa shape index (κ3) is 5.15. The summed E-state index contributed by atoms with van der Waals surface area (Å²) in [5, 5.41) is 2.84. The number of ether oxygens (including phenoxy) is 2. The van der Waals surface area contributed by atoms with Crippen molar-refractivity contribution in [3.05, 3.63) is 59.7 Å². The highest BCUT2D eigenvalue weighted by molar-refractivity contribution is 5.94. The summed E-state index contributed by atoms with van der Waals surface area (Å²) in [6.45, 7) is 2.79. The van der Waals surface area contributed by atoms with E-state index in [0.29, 0.717) is 30.2 Å². The molecule has 24 heavy (non-hydrogen) atoms. The lowest BCUT2D eigenvalue weighted by molar-refractivity contribution is 0.0951. The van der Waals surface area contributed by atoms with E-state index < -0.39 is 0 Å². The maximum Gasteiger partial charge on any atom is 0.251 e. The minimum Gasteiger partial charge on any atom is -0.493 e. The molecule has 1 atom stereocenters. The Kier molecular flexibility index (Phi) is 8.09. The Morgan fingerprint density at radius 2 is 1.88 bits per heavy atom. The average molecular weight is 351 g/mol. The first-order chi connectivity index (χ1) is 11.2. The number of nitrogens with two attached hydrogens (primary N) is 1. The van der Waals surface area contributed by atoms with Crippen LogP contribution in [0, 0.1) is 0 Å². The number of halogens is 1. The van der Waals surface area contributed by atoms with E-state index in [1.807, 2.05) is 37.3 Å². The number of rotatable bonds is 7. The van der Waals surface area contributed by atoms with E-state index in [0.717, 1.165) is 5.56 Å². The fourth-order valence-corrected chi connectivity index (χ4v) is 2.21. The molecule has 3 N–H and O–H groups in total. The number of nitrogens with one attached hydrogen (secondary N) is 1. The summed E-state index contributed by atoms with van der Waals surface area (Å²) in [5.41, 5.74) is 7.57. The second-order valence-corrected chi connectivity index (χ2v) is 5.03. The summed E-state index contributed by atoms with van der Waals surface area (Å²) in [7, 11) is 1.55. The third-order valence-corrected chi connectivity index (χ3v) is 3.44. The van der Waals surface area contributed by atoms with E-state index in [2.05, 4.69) is 5.32 Å². The lowest BCUT2D eigenvalue weighted by Gasteiger charge is -2.14. The van der Waals surface area contributed by atoms with Crippen molar-refractivity contribution in [2.75, 3.05) is 20.3 Å². The summed E-state index contributed by atoms with van der Waals surface area (Å²) in [4.78, 5) is 12.3. The van der Waals surface area contributed by atoms with Crippen molar-refractivity contribution in [2.45, 2.75) is 13.0 Å². The zero-order valence-electron chi connectivity index (χ0n) is 13.8. The second kappa shape index (κ2) is 9.80. The lowest BCUT2D eigenvalue weighted by atomic mass is 10.1. The molecule has 6 heteroatoms. The summed E-state index contributed by atoms with van der Waals surface area (Å²) in [6, 6.07) is 14.5. The lowest BCUT2D eigenvalue weighted by Crippen LogP contribution is -2.31. The molecule has 2 aromatic carbocycles. The van der Waals surface area contributed by atoms with Gasteiger partial charge in [-0.05, 0) is 30.7 Å². The van der Waals surface area contributed by atoms with Crippen LogP contribution in [0.15, 0.2) is 48.5 Å². The molecular weight excluding hydrogens is 328 g/mol. The Bertz CT molecular complexity index is 650. The normalized spacial score (nSPS) is 11.1. The van der Waals surface area contributed by atoms with Crippen molar-refractivity contribution < 1.29 is 14.3 Å². The van der Waals surface area contributed by atoms with Crippen LogP contribution < -0.4 is 20.5 Å². The van der Waals surface area contributed by atoms with Gasteiger partial charge in [0.15, 0.2) is 11.5 Å². The van der Waals surface area contributed by atoms with Crippen molar-refractivity contribution in [3.63, 3.8) is 0 Å². The fourth-order valence-electron chi connectivity index (χ4n) is 2.21. The maximum atomic E-state index is 12.3. The van der Waals surface area contributed by atoms with E-state index in [1.54, 1.807) is 25.3 Å². The molecule has 0 heterocycles. The summed E-state index contributed by atoms with van der Waals surface area (Å²) in [6.07, 6.45) is 0. The van der Waals surface area contributed by atoms with E-state index in [-0.39, 0.29) is 24.4 Å². The number of carbonyl (C=O) groups is 1. The molecule has 0 aromatic heterocycles. The number of amides is 1. The van der Waals surface area contributed by atoms with Gasteiger partial charge >= 0.3 is 0 Å². The molecule has 0 saturated carbocycles. The van der Waals surface area contributed by atoms with Crippen LogP contribution in [0.2, 0.25) is 0 Å². The molecule has 0 aliphatic heterocycles.